The van der Waals surface area contributed by atoms with Crippen LogP contribution in [-0.2, 0) is 10.8 Å². The second-order valence-corrected chi connectivity index (χ2v) is 17.7. The molecule has 10 aromatic rings. The number of nitrogens with zero attached hydrogens (tertiary/aromatic N) is 1. The second kappa shape index (κ2) is 12.7. The molecule has 9 aromatic carbocycles. The van der Waals surface area contributed by atoms with Crippen LogP contribution in [0.1, 0.15) is 49.9 Å². The van der Waals surface area contributed by atoms with E-state index in [2.05, 4.69) is 215 Å². The third-order valence-corrected chi connectivity index (χ3v) is 13.7. The first kappa shape index (κ1) is 34.8. The lowest BCUT2D eigenvalue weighted by Gasteiger charge is -2.30. The van der Waals surface area contributed by atoms with Crippen LogP contribution in [-0.4, -0.2) is 0 Å². The van der Waals surface area contributed by atoms with Gasteiger partial charge in [0.05, 0.1) is 0 Å². The lowest BCUT2D eigenvalue weighted by atomic mass is 9.81. The van der Waals surface area contributed by atoms with Crippen molar-refractivity contribution in [2.24, 2.45) is 0 Å². The highest BCUT2D eigenvalue weighted by Gasteiger charge is 2.38. The summed E-state index contributed by atoms with van der Waals surface area (Å²) in [5, 5.41) is 4.82. The fourth-order valence-electron chi connectivity index (χ4n) is 10.5. The molecule has 60 heavy (non-hydrogen) atoms. The van der Waals surface area contributed by atoms with Gasteiger partial charge in [-0.2, -0.15) is 0 Å². The minimum Gasteiger partial charge on any atom is -0.455 e. The minimum absolute atomic E-state index is 0.118. The van der Waals surface area contributed by atoms with Crippen molar-refractivity contribution in [3.8, 4) is 44.5 Å². The van der Waals surface area contributed by atoms with Gasteiger partial charge in [-0.05, 0) is 127 Å². The van der Waals surface area contributed by atoms with E-state index in [4.69, 9.17) is 4.42 Å². The van der Waals surface area contributed by atoms with Crippen molar-refractivity contribution in [3.63, 3.8) is 0 Å². The van der Waals surface area contributed by atoms with Gasteiger partial charge in [0.15, 0.2) is 0 Å². The second-order valence-electron chi connectivity index (χ2n) is 17.7. The Hall–Kier alpha value is -7.16. The highest BCUT2D eigenvalue weighted by atomic mass is 16.3. The number of rotatable bonds is 5. The van der Waals surface area contributed by atoms with Crippen molar-refractivity contribution < 1.29 is 4.42 Å². The maximum absolute atomic E-state index is 6.47. The first-order valence-corrected chi connectivity index (χ1v) is 21.1. The third-order valence-electron chi connectivity index (χ3n) is 13.7. The normalized spacial score (nSPS) is 14.3. The molecular formula is C58H43NO. The van der Waals surface area contributed by atoms with Crippen molar-refractivity contribution in [2.45, 2.75) is 38.5 Å². The molecule has 0 N–H and O–H groups in total. The van der Waals surface area contributed by atoms with Crippen LogP contribution in [0.3, 0.4) is 0 Å². The van der Waals surface area contributed by atoms with Crippen molar-refractivity contribution in [1.29, 1.82) is 0 Å². The summed E-state index contributed by atoms with van der Waals surface area (Å²) < 4.78 is 6.47. The van der Waals surface area contributed by atoms with Crippen LogP contribution < -0.4 is 4.90 Å². The molecule has 0 radical (unpaired) electrons. The zero-order valence-electron chi connectivity index (χ0n) is 34.3. The van der Waals surface area contributed by atoms with E-state index < -0.39 is 0 Å². The molecule has 0 aliphatic heterocycles. The highest BCUT2D eigenvalue weighted by molar-refractivity contribution is 6.09. The Morgan fingerprint density at radius 2 is 0.867 bits per heavy atom. The molecule has 0 spiro atoms. The Morgan fingerprint density at radius 1 is 0.350 bits per heavy atom. The average Bonchev–Trinajstić information content (AvgIpc) is 3.86. The first-order chi connectivity index (χ1) is 29.2. The summed E-state index contributed by atoms with van der Waals surface area (Å²) in [6.07, 6.45) is 0. The zero-order chi connectivity index (χ0) is 40.3. The van der Waals surface area contributed by atoms with Gasteiger partial charge in [0.25, 0.3) is 0 Å². The molecular weight excluding hydrogens is 727 g/mol. The van der Waals surface area contributed by atoms with E-state index in [1.807, 2.05) is 6.07 Å². The van der Waals surface area contributed by atoms with Crippen LogP contribution >= 0.6 is 0 Å². The fourth-order valence-corrected chi connectivity index (χ4v) is 10.5. The van der Waals surface area contributed by atoms with Crippen LogP contribution in [0.25, 0.3) is 77.2 Å². The predicted molar refractivity (Wildman–Crippen MR) is 252 cm³/mol. The molecule has 0 saturated carbocycles. The lowest BCUT2D eigenvalue weighted by Crippen LogP contribution is -2.18. The largest absolute Gasteiger partial charge is 0.455 e. The van der Waals surface area contributed by atoms with E-state index in [0.29, 0.717) is 0 Å². The number of anilines is 3. The molecule has 0 atom stereocenters. The molecule has 0 fully saturated rings. The fraction of sp³-hybridized carbons (Fsp3) is 0.103. The Bertz CT molecular complexity index is 3380. The molecule has 1 heterocycles. The van der Waals surface area contributed by atoms with Crippen LogP contribution in [0.15, 0.2) is 192 Å². The van der Waals surface area contributed by atoms with E-state index in [0.717, 1.165) is 50.1 Å². The Balaban J connectivity index is 0.981. The summed E-state index contributed by atoms with van der Waals surface area (Å²) in [5.74, 6) is 0. The molecule has 2 heteroatoms. The summed E-state index contributed by atoms with van der Waals surface area (Å²) in [7, 11) is 0. The summed E-state index contributed by atoms with van der Waals surface area (Å²) in [6, 6.07) is 69.4. The standard InChI is InChI=1S/C58H43NO/c1-57(2)51-18-9-7-14-45(51)47-30-27-42(34-53(47)57)59(41-25-22-37(23-26-41)44-16-11-17-50-49-15-8-10-19-55(49)60-56(44)50)43-28-31-48-46-29-24-40(33-52(46)58(3,4)54(48)35-43)39-21-20-36-12-5-6-13-38(36)32-39/h5-35H,1-4H3. The predicted octanol–water partition coefficient (Wildman–Crippen LogP) is 16.2. The van der Waals surface area contributed by atoms with Crippen molar-refractivity contribution in [1.82, 2.24) is 0 Å². The number of furan rings is 1. The zero-order valence-corrected chi connectivity index (χ0v) is 34.3. The number of para-hydroxylation sites is 2. The van der Waals surface area contributed by atoms with Gasteiger partial charge in [-0.25, -0.2) is 0 Å². The minimum atomic E-state index is -0.199. The lowest BCUT2D eigenvalue weighted by molar-refractivity contribution is 0.660. The quantitative estimate of drug-likeness (QED) is 0.173. The molecule has 2 aliphatic rings. The summed E-state index contributed by atoms with van der Waals surface area (Å²) in [4.78, 5) is 2.45. The molecule has 0 unspecified atom stereocenters. The van der Waals surface area contributed by atoms with Gasteiger partial charge in [0.1, 0.15) is 11.2 Å². The number of hydrogen-bond acceptors (Lipinski definition) is 2. The molecule has 1 aromatic heterocycles. The average molecular weight is 770 g/mol. The van der Waals surface area contributed by atoms with Crippen LogP contribution in [0, 0.1) is 0 Å². The maximum Gasteiger partial charge on any atom is 0.143 e. The molecule has 0 saturated heterocycles. The first-order valence-electron chi connectivity index (χ1n) is 21.1. The Kier molecular flexibility index (Phi) is 7.36. The molecule has 12 rings (SSSR count). The molecule has 286 valence electrons. The summed E-state index contributed by atoms with van der Waals surface area (Å²) >= 11 is 0. The number of fused-ring (bicyclic) bond motifs is 10. The highest BCUT2D eigenvalue weighted by Crippen LogP contribution is 2.54. The van der Waals surface area contributed by atoms with Gasteiger partial charge in [-0.15, -0.1) is 0 Å². The molecule has 0 amide bonds. The van der Waals surface area contributed by atoms with Gasteiger partial charge in [0, 0.05) is 44.2 Å². The van der Waals surface area contributed by atoms with Crippen LogP contribution in [0.5, 0.6) is 0 Å². The summed E-state index contributed by atoms with van der Waals surface area (Å²) in [5.41, 5.74) is 20.4. The van der Waals surface area contributed by atoms with Gasteiger partial charge >= 0.3 is 0 Å². The maximum atomic E-state index is 6.47. The van der Waals surface area contributed by atoms with Crippen molar-refractivity contribution in [3.05, 3.63) is 210 Å². The molecule has 2 nitrogen and oxygen atoms in total. The smallest absolute Gasteiger partial charge is 0.143 e. The SMILES string of the molecule is CC1(C)c2ccccc2-c2ccc(N(c3ccc(-c4cccc5c4oc4ccccc45)cc3)c3ccc4c(c3)C(C)(C)c3cc(-c5ccc6ccccc6c5)ccc3-4)cc21. The third kappa shape index (κ3) is 5.07. The van der Waals surface area contributed by atoms with E-state index >= 15 is 0 Å². The van der Waals surface area contributed by atoms with Crippen LogP contribution in [0.2, 0.25) is 0 Å². The number of hydrogen-bond donors (Lipinski definition) is 0. The van der Waals surface area contributed by atoms with Gasteiger partial charge in [-0.3, -0.25) is 0 Å². The topological polar surface area (TPSA) is 16.4 Å². The van der Waals surface area contributed by atoms with Gasteiger partial charge < -0.3 is 9.32 Å². The van der Waals surface area contributed by atoms with Crippen LogP contribution in [0.4, 0.5) is 17.1 Å². The van der Waals surface area contributed by atoms with E-state index in [9.17, 15) is 0 Å². The van der Waals surface area contributed by atoms with Gasteiger partial charge in [0.2, 0.25) is 0 Å². The van der Waals surface area contributed by atoms with Gasteiger partial charge in [-0.1, -0.05) is 161 Å². The summed E-state index contributed by atoms with van der Waals surface area (Å²) in [6.45, 7) is 9.50. The molecule has 0 bridgehead atoms. The number of benzene rings is 9. The Labute approximate surface area is 351 Å². The Morgan fingerprint density at radius 3 is 1.63 bits per heavy atom. The monoisotopic (exact) mass is 769 g/mol. The van der Waals surface area contributed by atoms with E-state index in [-0.39, 0.29) is 10.8 Å². The molecule has 2 aliphatic carbocycles. The van der Waals surface area contributed by atoms with E-state index in [1.165, 1.54) is 66.4 Å². The van der Waals surface area contributed by atoms with E-state index in [1.54, 1.807) is 0 Å². The van der Waals surface area contributed by atoms with Crippen molar-refractivity contribution in [2.75, 3.05) is 4.90 Å². The van der Waals surface area contributed by atoms with Crippen molar-refractivity contribution >= 4 is 49.8 Å².